The normalized spacial score (nSPS) is 18.0. The molecule has 0 aliphatic carbocycles. The molecule has 1 saturated heterocycles. The number of benzene rings is 3. The summed E-state index contributed by atoms with van der Waals surface area (Å²) in [5.41, 5.74) is 2.41. The first-order valence-corrected chi connectivity index (χ1v) is 15.9. The minimum atomic E-state index is -1.62. The number of carbonyl (C=O) groups is 2. The highest BCUT2D eigenvalue weighted by atomic mass is 19.1. The van der Waals surface area contributed by atoms with Crippen LogP contribution >= 0.6 is 0 Å². The molecule has 8 nitrogen and oxygen atoms in total. The summed E-state index contributed by atoms with van der Waals surface area (Å²) in [6.45, 7) is 6.33. The zero-order valence-electron chi connectivity index (χ0n) is 26.9. The first kappa shape index (κ1) is 33.0. The largest absolute Gasteiger partial charge is 0.481 e. The fourth-order valence-electron chi connectivity index (χ4n) is 6.58. The van der Waals surface area contributed by atoms with Crippen molar-refractivity contribution in [2.45, 2.75) is 58.3 Å². The number of ether oxygens (including phenoxy) is 1. The van der Waals surface area contributed by atoms with Crippen LogP contribution in [0.2, 0.25) is 0 Å². The number of aryl methyl sites for hydroxylation is 3. The first-order valence-electron chi connectivity index (χ1n) is 15.9. The van der Waals surface area contributed by atoms with Crippen molar-refractivity contribution in [1.29, 1.82) is 0 Å². The van der Waals surface area contributed by atoms with Crippen LogP contribution in [0, 0.1) is 25.5 Å². The number of pyridine rings is 1. The highest BCUT2D eigenvalue weighted by Gasteiger charge is 2.33. The number of nitrogens with one attached hydrogen (secondary N) is 1. The van der Waals surface area contributed by atoms with E-state index in [1.165, 1.54) is 24.4 Å². The second kappa shape index (κ2) is 13.3. The molecular formula is C37H36F3N3O5. The van der Waals surface area contributed by atoms with Gasteiger partial charge in [-0.1, -0.05) is 19.1 Å². The summed E-state index contributed by atoms with van der Waals surface area (Å²) in [5.74, 6) is -3.14. The Labute approximate surface area is 275 Å². The molecule has 0 spiro atoms. The van der Waals surface area contributed by atoms with Gasteiger partial charge >= 0.3 is 5.97 Å². The third-order valence-corrected chi connectivity index (χ3v) is 9.08. The lowest BCUT2D eigenvalue weighted by atomic mass is 9.92. The number of aromatic nitrogens is 1. The van der Waals surface area contributed by atoms with Crippen LogP contribution in [0.3, 0.4) is 0 Å². The van der Waals surface area contributed by atoms with E-state index in [1.54, 1.807) is 38.1 Å². The van der Waals surface area contributed by atoms with Gasteiger partial charge in [0.15, 0.2) is 0 Å². The smallest absolute Gasteiger partial charge is 0.305 e. The van der Waals surface area contributed by atoms with E-state index in [4.69, 9.17) is 4.74 Å². The number of carboxylic acids is 1. The van der Waals surface area contributed by atoms with Crippen molar-refractivity contribution in [3.05, 3.63) is 116 Å². The van der Waals surface area contributed by atoms with Crippen molar-refractivity contribution in [2.75, 3.05) is 19.6 Å². The minimum absolute atomic E-state index is 0.0730. The van der Waals surface area contributed by atoms with Crippen LogP contribution in [0.4, 0.5) is 13.2 Å². The van der Waals surface area contributed by atoms with Gasteiger partial charge in [-0.15, -0.1) is 0 Å². The second-order valence-electron chi connectivity index (χ2n) is 12.5. The van der Waals surface area contributed by atoms with E-state index in [9.17, 15) is 23.9 Å². The standard InChI is InChI=1S/C37H36F3N3O5/c1-4-23-13-22(10-11-42-18-25(38)19-42)17-43(37(23)47)35-27-15-26(8-9-29(27)39)48-31-7-5-6-20(2)33(31)24-12-21(3)34(40)28(14-24)30(16-32(44)45)41-36(35)46/h5-9,12-15,17,25,30,35H,4,10-11,16,18-19H2,1-3H3,(H,41,46)(H,44,45)/t30-,35-/m1/s1. The number of nitrogens with zero attached hydrogens (tertiary/aromatic N) is 2. The Bertz CT molecular complexity index is 1970. The molecule has 3 aromatic carbocycles. The van der Waals surface area contributed by atoms with Gasteiger partial charge in [-0.3, -0.25) is 23.9 Å². The summed E-state index contributed by atoms with van der Waals surface area (Å²) in [5, 5.41) is 12.5. The maximum atomic E-state index is 15.9. The minimum Gasteiger partial charge on any atom is -0.481 e. The van der Waals surface area contributed by atoms with Crippen LogP contribution in [0.5, 0.6) is 11.5 Å². The number of amides is 1. The van der Waals surface area contributed by atoms with Gasteiger partial charge in [-0.2, -0.15) is 0 Å². The molecule has 2 atom stereocenters. The zero-order valence-corrected chi connectivity index (χ0v) is 26.9. The van der Waals surface area contributed by atoms with Crippen molar-refractivity contribution < 1.29 is 32.6 Å². The van der Waals surface area contributed by atoms with Gasteiger partial charge in [0.05, 0.1) is 12.5 Å². The lowest BCUT2D eigenvalue weighted by Gasteiger charge is -2.34. The topological polar surface area (TPSA) is 101 Å². The third kappa shape index (κ3) is 6.47. The van der Waals surface area contributed by atoms with Crippen LogP contribution in [0.1, 0.15) is 58.8 Å². The molecule has 4 bridgehead atoms. The first-order chi connectivity index (χ1) is 22.9. The summed E-state index contributed by atoms with van der Waals surface area (Å²) in [4.78, 5) is 42.4. The molecule has 250 valence electrons. The van der Waals surface area contributed by atoms with Crippen molar-refractivity contribution in [2.24, 2.45) is 0 Å². The Hall–Kier alpha value is -4.90. The van der Waals surface area contributed by atoms with Gasteiger partial charge in [0, 0.05) is 48.1 Å². The molecule has 2 aliphatic heterocycles. The Kier molecular flexibility index (Phi) is 9.15. The number of carboxylic acid groups (broad SMARTS) is 1. The molecule has 4 aromatic rings. The molecule has 0 saturated carbocycles. The second-order valence-corrected chi connectivity index (χ2v) is 12.5. The lowest BCUT2D eigenvalue weighted by Crippen LogP contribution is -2.49. The number of fused-ring (bicyclic) bond motifs is 6. The van der Waals surface area contributed by atoms with E-state index in [0.29, 0.717) is 60.5 Å². The van der Waals surface area contributed by atoms with E-state index in [-0.39, 0.29) is 22.4 Å². The van der Waals surface area contributed by atoms with Crippen LogP contribution in [0.25, 0.3) is 11.1 Å². The molecule has 3 heterocycles. The predicted octanol–water partition coefficient (Wildman–Crippen LogP) is 6.20. The molecule has 2 N–H and O–H groups in total. The van der Waals surface area contributed by atoms with E-state index in [2.05, 4.69) is 5.32 Å². The van der Waals surface area contributed by atoms with Gasteiger partial charge in [-0.25, -0.2) is 13.2 Å². The third-order valence-electron chi connectivity index (χ3n) is 9.08. The van der Waals surface area contributed by atoms with Gasteiger partial charge in [0.2, 0.25) is 5.91 Å². The van der Waals surface area contributed by atoms with Crippen molar-refractivity contribution in [3.63, 3.8) is 0 Å². The number of hydrogen-bond acceptors (Lipinski definition) is 5. The number of halogens is 3. The SMILES string of the molecule is CCc1cc(CCN2CC(F)C2)cn([C@H]2C(=O)N[C@H](CC(=O)O)c3cc(cc(C)c3F)-c3c(C)cccc3Oc3ccc(F)c2c3)c1=O. The molecule has 0 radical (unpaired) electrons. The fourth-order valence-corrected chi connectivity index (χ4v) is 6.58. The van der Waals surface area contributed by atoms with Crippen LogP contribution < -0.4 is 15.6 Å². The summed E-state index contributed by atoms with van der Waals surface area (Å²) in [6.07, 6.45) is 0.682. The Morgan fingerprint density at radius 1 is 1.02 bits per heavy atom. The highest BCUT2D eigenvalue weighted by Crippen LogP contribution is 2.40. The maximum Gasteiger partial charge on any atom is 0.305 e. The van der Waals surface area contributed by atoms with E-state index < -0.39 is 53.7 Å². The Balaban J connectivity index is 1.57. The molecule has 48 heavy (non-hydrogen) atoms. The molecule has 11 heteroatoms. The number of likely N-dealkylation sites (tertiary alicyclic amines) is 1. The monoisotopic (exact) mass is 659 g/mol. The van der Waals surface area contributed by atoms with Crippen molar-refractivity contribution in [3.8, 4) is 22.6 Å². The summed E-state index contributed by atoms with van der Waals surface area (Å²) in [7, 11) is 0. The predicted molar refractivity (Wildman–Crippen MR) is 174 cm³/mol. The summed E-state index contributed by atoms with van der Waals surface area (Å²) >= 11 is 0. The van der Waals surface area contributed by atoms with Gasteiger partial charge in [0.25, 0.3) is 5.56 Å². The van der Waals surface area contributed by atoms with Gasteiger partial charge < -0.3 is 15.2 Å². The Morgan fingerprint density at radius 2 is 1.79 bits per heavy atom. The van der Waals surface area contributed by atoms with Crippen LogP contribution in [0.15, 0.2) is 65.6 Å². The average molecular weight is 660 g/mol. The fraction of sp³-hybridized carbons (Fsp3) is 0.324. The molecule has 1 aromatic heterocycles. The number of hydrogen-bond donors (Lipinski definition) is 2. The summed E-state index contributed by atoms with van der Waals surface area (Å²) < 4.78 is 52.7. The zero-order chi connectivity index (χ0) is 34.3. The van der Waals surface area contributed by atoms with Crippen LogP contribution in [-0.4, -0.2) is 52.3 Å². The maximum absolute atomic E-state index is 15.9. The van der Waals surface area contributed by atoms with E-state index >= 15 is 8.78 Å². The lowest BCUT2D eigenvalue weighted by molar-refractivity contribution is -0.137. The van der Waals surface area contributed by atoms with E-state index in [0.717, 1.165) is 16.2 Å². The number of alkyl halides is 1. The van der Waals surface area contributed by atoms with Gasteiger partial charge in [0.1, 0.15) is 35.3 Å². The highest BCUT2D eigenvalue weighted by molar-refractivity contribution is 5.85. The molecular weight excluding hydrogens is 623 g/mol. The molecule has 6 rings (SSSR count). The molecule has 1 amide bonds. The number of aliphatic carboxylic acids is 1. The number of rotatable bonds is 7. The van der Waals surface area contributed by atoms with Crippen molar-refractivity contribution in [1.82, 2.24) is 14.8 Å². The van der Waals surface area contributed by atoms with Gasteiger partial charge in [-0.05, 0) is 91.4 Å². The quantitative estimate of drug-likeness (QED) is 0.245. The number of carbonyl (C=O) groups excluding carboxylic acids is 1. The van der Waals surface area contributed by atoms with Crippen molar-refractivity contribution >= 4 is 11.9 Å². The van der Waals surface area contributed by atoms with E-state index in [1.807, 2.05) is 17.9 Å². The Morgan fingerprint density at radius 3 is 2.50 bits per heavy atom. The summed E-state index contributed by atoms with van der Waals surface area (Å²) in [6, 6.07) is 11.1. The molecule has 0 unspecified atom stereocenters. The average Bonchev–Trinajstić information content (AvgIpc) is 3.02. The molecule has 2 aliphatic rings. The van der Waals surface area contributed by atoms with Crippen LogP contribution in [-0.2, 0) is 22.4 Å². The molecule has 1 fully saturated rings.